The Hall–Kier alpha value is -1.27. The fourth-order valence-corrected chi connectivity index (χ4v) is 4.37. The van der Waals surface area contributed by atoms with Crippen molar-refractivity contribution in [1.29, 1.82) is 0 Å². The van der Waals surface area contributed by atoms with E-state index in [-0.39, 0.29) is 11.8 Å². The second kappa shape index (κ2) is 5.85. The lowest BCUT2D eigenvalue weighted by Crippen LogP contribution is -2.31. The summed E-state index contributed by atoms with van der Waals surface area (Å²) in [5.41, 5.74) is 1.09. The predicted molar refractivity (Wildman–Crippen MR) is 90.4 cm³/mol. The molecule has 4 nitrogen and oxygen atoms in total. The molecule has 0 saturated carbocycles. The zero-order valence-electron chi connectivity index (χ0n) is 12.5. The van der Waals surface area contributed by atoms with Gasteiger partial charge in [0.15, 0.2) is 5.13 Å². The van der Waals surface area contributed by atoms with Crippen LogP contribution >= 0.6 is 23.1 Å². The summed E-state index contributed by atoms with van der Waals surface area (Å²) in [6.45, 7) is 1.70. The van der Waals surface area contributed by atoms with Crippen LogP contribution in [0.2, 0.25) is 0 Å². The van der Waals surface area contributed by atoms with Gasteiger partial charge in [0, 0.05) is 32.1 Å². The number of rotatable bonds is 3. The van der Waals surface area contributed by atoms with Crippen molar-refractivity contribution in [2.24, 2.45) is 5.92 Å². The van der Waals surface area contributed by atoms with E-state index in [1.54, 1.807) is 28.0 Å². The summed E-state index contributed by atoms with van der Waals surface area (Å²) in [4.78, 5) is 22.0. The molecule has 6 heteroatoms. The van der Waals surface area contributed by atoms with Gasteiger partial charge in [-0.05, 0) is 24.8 Å². The molecule has 0 spiro atoms. The molecular weight excluding hydrogens is 302 g/mol. The lowest BCUT2D eigenvalue weighted by molar-refractivity contribution is -0.132. The van der Waals surface area contributed by atoms with Crippen LogP contribution in [0.15, 0.2) is 23.1 Å². The summed E-state index contributed by atoms with van der Waals surface area (Å²) in [5.74, 6) is 0.329. The van der Waals surface area contributed by atoms with Gasteiger partial charge in [-0.15, -0.1) is 11.8 Å². The zero-order valence-corrected chi connectivity index (χ0v) is 14.1. The first kappa shape index (κ1) is 14.7. The van der Waals surface area contributed by atoms with E-state index in [4.69, 9.17) is 4.98 Å². The van der Waals surface area contributed by atoms with E-state index < -0.39 is 0 Å². The average molecular weight is 321 g/mol. The standard InChI is InChI=1S/C15H19N3OS2/c1-17(2)14(19)10-7-8-18(9-10)15-16-13-11(20-3)5-4-6-12(13)21-15/h4-6,10H,7-9H2,1-3H3. The molecule has 1 unspecified atom stereocenters. The van der Waals surface area contributed by atoms with Crippen LogP contribution in [0.1, 0.15) is 6.42 Å². The molecular formula is C15H19N3OS2. The first-order valence-electron chi connectivity index (χ1n) is 7.00. The number of carbonyl (C=O) groups excluding carboxylic acids is 1. The molecule has 1 aromatic carbocycles. The minimum atomic E-state index is 0.104. The highest BCUT2D eigenvalue weighted by molar-refractivity contribution is 7.98. The molecule has 21 heavy (non-hydrogen) atoms. The highest BCUT2D eigenvalue weighted by atomic mass is 32.2. The number of carbonyl (C=O) groups is 1. The molecule has 1 fully saturated rings. The van der Waals surface area contributed by atoms with Crippen molar-refractivity contribution < 1.29 is 4.79 Å². The van der Waals surface area contributed by atoms with Gasteiger partial charge in [-0.3, -0.25) is 4.79 Å². The van der Waals surface area contributed by atoms with Crippen molar-refractivity contribution in [1.82, 2.24) is 9.88 Å². The summed E-state index contributed by atoms with van der Waals surface area (Å²) >= 11 is 3.45. The number of thiazole rings is 1. The monoisotopic (exact) mass is 321 g/mol. The molecule has 1 atom stereocenters. The average Bonchev–Trinajstić information content (AvgIpc) is 3.11. The van der Waals surface area contributed by atoms with Crippen LogP contribution in [0.25, 0.3) is 10.2 Å². The van der Waals surface area contributed by atoms with E-state index >= 15 is 0 Å². The van der Waals surface area contributed by atoms with Crippen LogP contribution in [0.5, 0.6) is 0 Å². The third-order valence-electron chi connectivity index (χ3n) is 3.84. The molecule has 112 valence electrons. The second-order valence-corrected chi connectivity index (χ2v) is 7.32. The molecule has 0 radical (unpaired) electrons. The van der Waals surface area contributed by atoms with Crippen LogP contribution in [0, 0.1) is 5.92 Å². The molecule has 1 aliphatic rings. The molecule has 0 aliphatic carbocycles. The quantitative estimate of drug-likeness (QED) is 0.815. The number of hydrogen-bond acceptors (Lipinski definition) is 5. The van der Waals surface area contributed by atoms with Crippen molar-refractivity contribution in [3.63, 3.8) is 0 Å². The second-order valence-electron chi connectivity index (χ2n) is 5.47. The minimum Gasteiger partial charge on any atom is -0.349 e. The molecule has 1 aromatic heterocycles. The van der Waals surface area contributed by atoms with E-state index in [1.807, 2.05) is 14.1 Å². The number of hydrogen-bond donors (Lipinski definition) is 0. The molecule has 0 bridgehead atoms. The topological polar surface area (TPSA) is 36.4 Å². The van der Waals surface area contributed by atoms with Crippen LogP contribution < -0.4 is 4.90 Å². The molecule has 1 amide bonds. The predicted octanol–water partition coefficient (Wildman–Crippen LogP) is 2.93. The van der Waals surface area contributed by atoms with E-state index in [0.29, 0.717) is 0 Å². The van der Waals surface area contributed by atoms with Crippen LogP contribution in [0.3, 0.4) is 0 Å². The first-order chi connectivity index (χ1) is 10.1. The maximum atomic E-state index is 12.1. The summed E-state index contributed by atoms with van der Waals surface area (Å²) in [5, 5.41) is 1.04. The van der Waals surface area contributed by atoms with Crippen LogP contribution in [0.4, 0.5) is 5.13 Å². The highest BCUT2D eigenvalue weighted by Crippen LogP contribution is 2.36. The highest BCUT2D eigenvalue weighted by Gasteiger charge is 2.30. The third kappa shape index (κ3) is 2.74. The molecule has 1 aliphatic heterocycles. The smallest absolute Gasteiger partial charge is 0.227 e. The number of thioether (sulfide) groups is 1. The number of fused-ring (bicyclic) bond motifs is 1. The van der Waals surface area contributed by atoms with Gasteiger partial charge in [-0.1, -0.05) is 17.4 Å². The molecule has 3 rings (SSSR count). The summed E-state index contributed by atoms with van der Waals surface area (Å²) in [6.07, 6.45) is 3.00. The van der Waals surface area contributed by atoms with Gasteiger partial charge in [0.1, 0.15) is 0 Å². The fraction of sp³-hybridized carbons (Fsp3) is 0.467. The van der Waals surface area contributed by atoms with Crippen molar-refractivity contribution >= 4 is 44.4 Å². The fourth-order valence-electron chi connectivity index (χ4n) is 2.71. The van der Waals surface area contributed by atoms with Crippen molar-refractivity contribution in [2.45, 2.75) is 11.3 Å². The Morgan fingerprint density at radius 3 is 3.00 bits per heavy atom. The van der Waals surface area contributed by atoms with Crippen LogP contribution in [-0.2, 0) is 4.79 Å². The van der Waals surface area contributed by atoms with Gasteiger partial charge in [0.2, 0.25) is 5.91 Å². The van der Waals surface area contributed by atoms with Gasteiger partial charge in [-0.2, -0.15) is 0 Å². The lowest BCUT2D eigenvalue weighted by Gasteiger charge is -2.17. The van der Waals surface area contributed by atoms with Crippen molar-refractivity contribution in [3.8, 4) is 0 Å². The van der Waals surface area contributed by atoms with Gasteiger partial charge >= 0.3 is 0 Å². The van der Waals surface area contributed by atoms with Gasteiger partial charge < -0.3 is 9.80 Å². The number of amides is 1. The Morgan fingerprint density at radius 2 is 2.29 bits per heavy atom. The maximum absolute atomic E-state index is 12.1. The Bertz CT molecular complexity index is 668. The largest absolute Gasteiger partial charge is 0.349 e. The zero-order chi connectivity index (χ0) is 15.0. The van der Waals surface area contributed by atoms with E-state index in [1.165, 1.54) is 9.60 Å². The molecule has 2 heterocycles. The number of nitrogens with zero attached hydrogens (tertiary/aromatic N) is 3. The Morgan fingerprint density at radius 1 is 1.48 bits per heavy atom. The SMILES string of the molecule is CSc1cccc2sc(N3CCC(C(=O)N(C)C)C3)nc12. The van der Waals surface area contributed by atoms with Crippen molar-refractivity contribution in [3.05, 3.63) is 18.2 Å². The maximum Gasteiger partial charge on any atom is 0.227 e. The number of benzene rings is 1. The lowest BCUT2D eigenvalue weighted by atomic mass is 10.1. The van der Waals surface area contributed by atoms with Crippen molar-refractivity contribution in [2.75, 3.05) is 38.3 Å². The Balaban J connectivity index is 1.84. The molecule has 2 aromatic rings. The number of para-hydroxylation sites is 1. The van der Waals surface area contributed by atoms with Gasteiger partial charge in [-0.25, -0.2) is 4.98 Å². The Kier molecular flexibility index (Phi) is 4.08. The summed E-state index contributed by atoms with van der Waals surface area (Å²) in [7, 11) is 3.65. The van der Waals surface area contributed by atoms with E-state index in [2.05, 4.69) is 29.4 Å². The number of aromatic nitrogens is 1. The third-order valence-corrected chi connectivity index (χ3v) is 5.69. The number of anilines is 1. The van der Waals surface area contributed by atoms with Crippen LogP contribution in [-0.4, -0.2) is 49.2 Å². The van der Waals surface area contributed by atoms with E-state index in [9.17, 15) is 4.79 Å². The molecule has 0 N–H and O–H groups in total. The normalized spacial score (nSPS) is 18.4. The summed E-state index contributed by atoms with van der Waals surface area (Å²) in [6, 6.07) is 6.31. The minimum absolute atomic E-state index is 0.104. The summed E-state index contributed by atoms with van der Waals surface area (Å²) < 4.78 is 1.22. The first-order valence-corrected chi connectivity index (χ1v) is 9.04. The van der Waals surface area contributed by atoms with E-state index in [0.717, 1.165) is 30.2 Å². The Labute approximate surface area is 133 Å². The molecule has 1 saturated heterocycles. The van der Waals surface area contributed by atoms with Gasteiger partial charge in [0.05, 0.1) is 16.1 Å². The van der Waals surface area contributed by atoms with Gasteiger partial charge in [0.25, 0.3) is 0 Å².